The molecule has 0 aliphatic carbocycles. The Morgan fingerprint density at radius 3 is 2.83 bits per heavy atom. The summed E-state index contributed by atoms with van der Waals surface area (Å²) in [5.74, 6) is 0.857. The van der Waals surface area contributed by atoms with Crippen molar-refractivity contribution >= 4 is 36.1 Å². The van der Waals surface area contributed by atoms with Crippen LogP contribution in [0.15, 0.2) is 57.8 Å². The molecule has 1 aliphatic heterocycles. The minimum Gasteiger partial charge on any atom is -0.489 e. The van der Waals surface area contributed by atoms with Gasteiger partial charge in [-0.2, -0.15) is 0 Å². The number of hydrogen-bond donors (Lipinski definition) is 0. The topological polar surface area (TPSA) is 21.6 Å². The van der Waals surface area contributed by atoms with Crippen molar-refractivity contribution < 1.29 is 4.74 Å². The maximum Gasteiger partial charge on any atom is 0.121 e. The Morgan fingerprint density at radius 2 is 2.00 bits per heavy atom. The zero-order chi connectivity index (χ0) is 12.4. The highest BCUT2D eigenvalue weighted by Crippen LogP contribution is 2.43. The van der Waals surface area contributed by atoms with E-state index in [0.717, 1.165) is 21.9 Å². The normalized spacial score (nSPS) is 17.1. The van der Waals surface area contributed by atoms with E-state index < -0.39 is 8.94 Å². The van der Waals surface area contributed by atoms with E-state index in [0.29, 0.717) is 6.61 Å². The molecule has 5 heteroatoms. The molecule has 1 heterocycles. The van der Waals surface area contributed by atoms with Gasteiger partial charge in [-0.05, 0) is 45.2 Å². The first-order valence-electron chi connectivity index (χ1n) is 5.43. The summed E-state index contributed by atoms with van der Waals surface area (Å²) in [7, 11) is 7.10. The van der Waals surface area contributed by atoms with Crippen molar-refractivity contribution in [1.82, 2.24) is 0 Å². The molecule has 2 aromatic carbocycles. The fourth-order valence-electron chi connectivity index (χ4n) is 1.64. The van der Waals surface area contributed by atoms with Crippen LogP contribution in [0.1, 0.15) is 5.56 Å². The van der Waals surface area contributed by atoms with E-state index in [1.54, 1.807) is 10.8 Å². The quantitative estimate of drug-likeness (QED) is 0.753. The Kier molecular flexibility index (Phi) is 3.59. The van der Waals surface area contributed by atoms with Crippen LogP contribution in [0.25, 0.3) is 0 Å². The van der Waals surface area contributed by atoms with Crippen LogP contribution in [0.3, 0.4) is 0 Å². The average Bonchev–Trinajstić information content (AvgIpc) is 2.77. The zero-order valence-electron chi connectivity index (χ0n) is 9.38. The van der Waals surface area contributed by atoms with Gasteiger partial charge in [0, 0.05) is 0 Å². The van der Waals surface area contributed by atoms with E-state index in [9.17, 15) is 0 Å². The monoisotopic (exact) mass is 295 g/mol. The highest BCUT2D eigenvalue weighted by molar-refractivity contribution is 8.78. The second kappa shape index (κ2) is 5.34. The highest BCUT2D eigenvalue weighted by atomic mass is 35.7. The summed E-state index contributed by atoms with van der Waals surface area (Å²) in [5, 5.41) is 0. The van der Waals surface area contributed by atoms with Crippen LogP contribution in [0.2, 0.25) is 0 Å². The molecule has 0 radical (unpaired) electrons. The largest absolute Gasteiger partial charge is 0.489 e. The van der Waals surface area contributed by atoms with Crippen molar-refractivity contribution in [3.05, 3.63) is 54.1 Å². The molecule has 2 nitrogen and oxygen atoms in total. The Morgan fingerprint density at radius 1 is 1.17 bits per heavy atom. The molecule has 0 N–H and O–H groups in total. The second-order valence-electron chi connectivity index (χ2n) is 3.78. The van der Waals surface area contributed by atoms with Gasteiger partial charge in [-0.15, -0.1) is 0 Å². The summed E-state index contributed by atoms with van der Waals surface area (Å²) >= 11 is 0. The molecule has 18 heavy (non-hydrogen) atoms. The lowest BCUT2D eigenvalue weighted by Gasteiger charge is -2.07. The van der Waals surface area contributed by atoms with Crippen molar-refractivity contribution in [1.29, 1.82) is 0 Å². The van der Waals surface area contributed by atoms with E-state index in [-0.39, 0.29) is 0 Å². The Labute approximate surface area is 116 Å². The van der Waals surface area contributed by atoms with Gasteiger partial charge in [0.15, 0.2) is 0 Å². The molecule has 1 atom stereocenters. The third-order valence-corrected chi connectivity index (χ3v) is 5.44. The molecule has 1 unspecified atom stereocenters. The molecule has 0 saturated heterocycles. The van der Waals surface area contributed by atoms with Crippen LogP contribution in [0, 0.1) is 0 Å². The first-order valence-corrected chi connectivity index (χ1v) is 8.77. The lowest BCUT2D eigenvalue weighted by atomic mass is 10.2. The standard InChI is InChI=1S/C13H10ClNOS2/c14-18-15-12-7-6-11(8-13(12)17-18)16-9-10-4-2-1-3-5-10/h1-8H,9H2. The smallest absolute Gasteiger partial charge is 0.121 e. The van der Waals surface area contributed by atoms with Gasteiger partial charge in [0.05, 0.1) is 19.5 Å². The first kappa shape index (κ1) is 12.1. The maximum atomic E-state index is 5.99. The third-order valence-electron chi connectivity index (χ3n) is 2.51. The molecule has 1 aliphatic rings. The number of nitrogens with zero attached hydrogens (tertiary/aromatic N) is 1. The minimum absolute atomic E-state index is 0.459. The van der Waals surface area contributed by atoms with Crippen molar-refractivity contribution in [3.8, 4) is 5.75 Å². The molecule has 0 saturated carbocycles. The molecular formula is C13H10ClNOS2. The van der Waals surface area contributed by atoms with Gasteiger partial charge < -0.3 is 4.74 Å². The summed E-state index contributed by atoms with van der Waals surface area (Å²) in [4.78, 5) is 1.10. The Hall–Kier alpha value is -0.970. The van der Waals surface area contributed by atoms with Gasteiger partial charge in [-0.1, -0.05) is 30.3 Å². The van der Waals surface area contributed by atoms with E-state index >= 15 is 0 Å². The molecule has 0 spiro atoms. The van der Waals surface area contributed by atoms with Gasteiger partial charge in [0.1, 0.15) is 12.4 Å². The van der Waals surface area contributed by atoms with E-state index in [2.05, 4.69) is 4.36 Å². The predicted octanol–water partition coefficient (Wildman–Crippen LogP) is 4.87. The van der Waals surface area contributed by atoms with E-state index in [1.807, 2.05) is 48.5 Å². The van der Waals surface area contributed by atoms with Crippen LogP contribution in [-0.4, -0.2) is 0 Å². The summed E-state index contributed by atoms with van der Waals surface area (Å²) in [6.07, 6.45) is 0. The minimum atomic E-state index is -0.459. The van der Waals surface area contributed by atoms with Gasteiger partial charge in [0.2, 0.25) is 0 Å². The van der Waals surface area contributed by atoms with Gasteiger partial charge in [0.25, 0.3) is 0 Å². The van der Waals surface area contributed by atoms with E-state index in [1.165, 1.54) is 0 Å². The maximum absolute atomic E-state index is 5.99. The summed E-state index contributed by atoms with van der Waals surface area (Å²) in [6, 6.07) is 16.0. The lowest BCUT2D eigenvalue weighted by Crippen LogP contribution is -1.94. The van der Waals surface area contributed by atoms with Crippen molar-refractivity contribution in [2.45, 2.75) is 11.5 Å². The number of rotatable bonds is 3. The average molecular weight is 296 g/mol. The predicted molar refractivity (Wildman–Crippen MR) is 78.4 cm³/mol. The lowest BCUT2D eigenvalue weighted by molar-refractivity contribution is 0.305. The SMILES string of the molecule is ClS1=Nc2ccc(OCc3ccccc3)cc2S1. The zero-order valence-corrected chi connectivity index (χ0v) is 11.8. The second-order valence-corrected chi connectivity index (χ2v) is 7.86. The number of hydrogen-bond acceptors (Lipinski definition) is 3. The third kappa shape index (κ3) is 2.71. The molecule has 92 valence electrons. The summed E-state index contributed by atoms with van der Waals surface area (Å²) < 4.78 is 10.1. The van der Waals surface area contributed by atoms with Gasteiger partial charge >= 0.3 is 0 Å². The number of fused-ring (bicyclic) bond motifs is 1. The molecule has 2 aromatic rings. The Bertz CT molecular complexity index is 601. The molecular weight excluding hydrogens is 286 g/mol. The summed E-state index contributed by atoms with van der Waals surface area (Å²) in [5.41, 5.74) is 2.12. The number of ether oxygens (including phenoxy) is 1. The Balaban J connectivity index is 1.71. The number of benzene rings is 2. The van der Waals surface area contributed by atoms with Crippen LogP contribution in [-0.2, 0) is 15.5 Å². The molecule has 3 rings (SSSR count). The van der Waals surface area contributed by atoms with Crippen LogP contribution in [0.5, 0.6) is 5.75 Å². The van der Waals surface area contributed by atoms with Crippen LogP contribution >= 0.6 is 21.5 Å². The summed E-state index contributed by atoms with van der Waals surface area (Å²) in [6.45, 7) is 0.577. The fraction of sp³-hybridized carbons (Fsp3) is 0.0769. The molecule has 0 amide bonds. The van der Waals surface area contributed by atoms with Crippen molar-refractivity contribution in [3.63, 3.8) is 0 Å². The molecule has 0 bridgehead atoms. The first-order chi connectivity index (χ1) is 8.81. The molecule has 0 aromatic heterocycles. The number of halogens is 1. The van der Waals surface area contributed by atoms with Gasteiger partial charge in [-0.25, -0.2) is 4.36 Å². The van der Waals surface area contributed by atoms with Crippen LogP contribution in [0.4, 0.5) is 5.69 Å². The van der Waals surface area contributed by atoms with E-state index in [4.69, 9.17) is 15.4 Å². The van der Waals surface area contributed by atoms with Gasteiger partial charge in [-0.3, -0.25) is 0 Å². The fourth-order valence-corrected chi connectivity index (χ4v) is 4.59. The molecule has 0 fully saturated rings. The van der Waals surface area contributed by atoms with Crippen molar-refractivity contribution in [2.75, 3.05) is 0 Å². The van der Waals surface area contributed by atoms with Crippen molar-refractivity contribution in [2.24, 2.45) is 4.36 Å². The highest BCUT2D eigenvalue weighted by Gasteiger charge is 2.13. The van der Waals surface area contributed by atoms with Crippen LogP contribution < -0.4 is 4.74 Å².